The molecular weight excluding hydrogens is 475 g/mol. The zero-order chi connectivity index (χ0) is 27.2. The monoisotopic (exact) mass is 529 g/mol. The molecule has 3 rings (SSSR count). The minimum atomic E-state index is -0.892. The van der Waals surface area contributed by atoms with Gasteiger partial charge in [0.15, 0.2) is 0 Å². The third-order valence-corrected chi connectivity index (χ3v) is 14.0. The first-order valence-corrected chi connectivity index (χ1v) is 18.1. The summed E-state index contributed by atoms with van der Waals surface area (Å²) in [5, 5.41) is 0. The van der Waals surface area contributed by atoms with Crippen LogP contribution >= 0.6 is 7.26 Å². The van der Waals surface area contributed by atoms with E-state index in [2.05, 4.69) is 120 Å². The minimum Gasteiger partial charge on any atom is -0.0648 e. The molecule has 0 amide bonds. The second kappa shape index (κ2) is 16.3. The van der Waals surface area contributed by atoms with Crippen LogP contribution in [0.4, 0.5) is 0 Å². The Balaban J connectivity index is 1.88. The lowest BCUT2D eigenvalue weighted by atomic mass is 9.77. The lowest BCUT2D eigenvalue weighted by Crippen LogP contribution is -2.12. The van der Waals surface area contributed by atoms with Crippen LogP contribution in [0.3, 0.4) is 0 Å². The van der Waals surface area contributed by atoms with Crippen LogP contribution in [-0.2, 0) is 6.16 Å². The van der Waals surface area contributed by atoms with Crippen LogP contribution in [-0.4, -0.2) is 18.5 Å². The van der Waals surface area contributed by atoms with Crippen LogP contribution in [0.15, 0.2) is 84.9 Å². The fourth-order valence-corrected chi connectivity index (χ4v) is 11.8. The lowest BCUT2D eigenvalue weighted by molar-refractivity contribution is 0.450. The van der Waals surface area contributed by atoms with Gasteiger partial charge in [-0.05, 0) is 85.0 Å². The van der Waals surface area contributed by atoms with Crippen LogP contribution < -0.4 is 0 Å². The highest BCUT2D eigenvalue weighted by molar-refractivity contribution is 7.75. The molecule has 0 aliphatic carbocycles. The van der Waals surface area contributed by atoms with Crippen molar-refractivity contribution >= 4 is 7.26 Å². The van der Waals surface area contributed by atoms with Crippen molar-refractivity contribution in [2.75, 3.05) is 18.5 Å². The molecule has 3 aromatic rings. The first-order chi connectivity index (χ1) is 18.6. The van der Waals surface area contributed by atoms with Crippen LogP contribution in [0.1, 0.15) is 120 Å². The molecular formula is C37H54P+. The molecule has 3 aromatic carbocycles. The number of hydrogen-bond acceptors (Lipinski definition) is 0. The molecule has 206 valence electrons. The van der Waals surface area contributed by atoms with E-state index in [9.17, 15) is 0 Å². The molecule has 0 bridgehead atoms. The Bertz CT molecular complexity index is 941. The topological polar surface area (TPSA) is 0 Å². The highest BCUT2D eigenvalue weighted by atomic mass is 31.2. The minimum absolute atomic E-state index is 0.570. The van der Waals surface area contributed by atoms with Gasteiger partial charge in [0.2, 0.25) is 0 Å². The molecule has 0 saturated carbocycles. The highest BCUT2D eigenvalue weighted by Gasteiger charge is 2.34. The molecule has 38 heavy (non-hydrogen) atoms. The Hall–Kier alpha value is -1.91. The molecule has 2 unspecified atom stereocenters. The first-order valence-electron chi connectivity index (χ1n) is 15.6. The summed E-state index contributed by atoms with van der Waals surface area (Å²) in [6.07, 6.45) is 14.6. The molecule has 0 radical (unpaired) electrons. The van der Waals surface area contributed by atoms with Gasteiger partial charge in [-0.15, -0.1) is 0 Å². The van der Waals surface area contributed by atoms with Crippen LogP contribution in [0.25, 0.3) is 0 Å². The van der Waals surface area contributed by atoms with E-state index in [1.165, 1.54) is 80.7 Å². The molecule has 2 atom stereocenters. The summed E-state index contributed by atoms with van der Waals surface area (Å²) in [5.41, 5.74) is 6.12. The smallest absolute Gasteiger partial charge is 0.0648 e. The van der Waals surface area contributed by atoms with Crippen LogP contribution in [0.5, 0.6) is 0 Å². The Morgan fingerprint density at radius 2 is 0.868 bits per heavy atom. The van der Waals surface area contributed by atoms with E-state index in [0.717, 1.165) is 0 Å². The average Bonchev–Trinajstić information content (AvgIpc) is 2.95. The molecule has 0 nitrogen and oxygen atoms in total. The van der Waals surface area contributed by atoms with Gasteiger partial charge < -0.3 is 0 Å². The molecule has 0 heterocycles. The van der Waals surface area contributed by atoms with Gasteiger partial charge in [-0.3, -0.25) is 0 Å². The summed E-state index contributed by atoms with van der Waals surface area (Å²) in [6.45, 7) is 11.9. The van der Waals surface area contributed by atoms with Gasteiger partial charge in [-0.1, -0.05) is 120 Å². The van der Waals surface area contributed by atoms with Gasteiger partial charge in [-0.2, -0.15) is 0 Å². The summed E-state index contributed by atoms with van der Waals surface area (Å²) in [4.78, 5) is 0. The highest BCUT2D eigenvalue weighted by Crippen LogP contribution is 2.62. The predicted octanol–water partition coefficient (Wildman–Crippen LogP) is 11.7. The van der Waals surface area contributed by atoms with Crippen molar-refractivity contribution in [3.05, 3.63) is 107 Å². The molecule has 0 saturated heterocycles. The van der Waals surface area contributed by atoms with E-state index in [4.69, 9.17) is 0 Å². The fourth-order valence-electron chi connectivity index (χ4n) is 6.86. The third-order valence-electron chi connectivity index (χ3n) is 8.73. The van der Waals surface area contributed by atoms with Crippen molar-refractivity contribution < 1.29 is 0 Å². The fraction of sp³-hybridized carbons (Fsp3) is 0.514. The molecule has 0 aliphatic heterocycles. The molecule has 1 heteroatoms. The third kappa shape index (κ3) is 8.81. The summed E-state index contributed by atoms with van der Waals surface area (Å²) in [7, 11) is -0.892. The van der Waals surface area contributed by atoms with Crippen LogP contribution in [0.2, 0.25) is 0 Å². The molecule has 0 aliphatic rings. The van der Waals surface area contributed by atoms with Gasteiger partial charge in [0.1, 0.15) is 0 Å². The lowest BCUT2D eigenvalue weighted by Gasteiger charge is -2.29. The van der Waals surface area contributed by atoms with E-state index in [-0.39, 0.29) is 0 Å². The van der Waals surface area contributed by atoms with Crippen molar-refractivity contribution in [1.82, 2.24) is 0 Å². The van der Waals surface area contributed by atoms with E-state index in [1.807, 2.05) is 0 Å². The molecule has 0 spiro atoms. The largest absolute Gasteiger partial charge is 0.0842 e. The second-order valence-electron chi connectivity index (χ2n) is 11.6. The SMILES string of the molecule is CCC[P+](CCC)(CCC)Cc1ccc(C(CC(CC)c2ccccc2)CC(CC)c2ccccc2)cc1. The number of hydrogen-bond donors (Lipinski definition) is 0. The molecule has 0 N–H and O–H groups in total. The summed E-state index contributed by atoms with van der Waals surface area (Å²) >= 11 is 0. The van der Waals surface area contributed by atoms with E-state index < -0.39 is 7.26 Å². The van der Waals surface area contributed by atoms with Gasteiger partial charge in [-0.25, -0.2) is 0 Å². The quantitative estimate of drug-likeness (QED) is 0.153. The Morgan fingerprint density at radius 3 is 1.24 bits per heavy atom. The van der Waals surface area contributed by atoms with Crippen molar-refractivity contribution in [3.8, 4) is 0 Å². The van der Waals surface area contributed by atoms with Gasteiger partial charge in [0, 0.05) is 7.26 Å². The molecule has 0 fully saturated rings. The maximum absolute atomic E-state index is 2.51. The van der Waals surface area contributed by atoms with Crippen molar-refractivity contribution in [2.45, 2.75) is 103 Å². The van der Waals surface area contributed by atoms with Crippen molar-refractivity contribution in [3.63, 3.8) is 0 Å². The predicted molar refractivity (Wildman–Crippen MR) is 173 cm³/mol. The summed E-state index contributed by atoms with van der Waals surface area (Å²) in [5.74, 6) is 1.78. The van der Waals surface area contributed by atoms with E-state index in [1.54, 1.807) is 11.1 Å². The Kier molecular flexibility index (Phi) is 13.1. The second-order valence-corrected chi connectivity index (χ2v) is 16.0. The van der Waals surface area contributed by atoms with Gasteiger partial charge >= 0.3 is 0 Å². The molecule has 0 aromatic heterocycles. The zero-order valence-electron chi connectivity index (χ0n) is 25.0. The number of benzene rings is 3. The number of rotatable bonds is 17. The first kappa shape index (κ1) is 30.6. The maximum Gasteiger partial charge on any atom is 0.0842 e. The van der Waals surface area contributed by atoms with Crippen molar-refractivity contribution in [1.29, 1.82) is 0 Å². The summed E-state index contributed by atoms with van der Waals surface area (Å²) in [6, 6.07) is 32.5. The van der Waals surface area contributed by atoms with Gasteiger partial charge in [0.25, 0.3) is 0 Å². The maximum atomic E-state index is 2.51. The Morgan fingerprint density at radius 1 is 0.474 bits per heavy atom. The van der Waals surface area contributed by atoms with E-state index in [0.29, 0.717) is 17.8 Å². The van der Waals surface area contributed by atoms with Crippen LogP contribution in [0, 0.1) is 0 Å². The normalized spacial score (nSPS) is 14.2. The zero-order valence-corrected chi connectivity index (χ0v) is 25.9. The summed E-state index contributed by atoms with van der Waals surface area (Å²) < 4.78 is 0. The van der Waals surface area contributed by atoms with Crippen molar-refractivity contribution in [2.24, 2.45) is 0 Å². The van der Waals surface area contributed by atoms with E-state index >= 15 is 0 Å². The standard InChI is InChI=1S/C37H54P/c1-6-25-38(26-7-2,27-8-3)30-31-21-23-36(24-22-31)37(28-32(9-4)34-17-13-11-14-18-34)29-33(10-5)35-19-15-12-16-20-35/h11-24,32-33,37H,6-10,25-30H2,1-5H3/q+1. The average molecular weight is 530 g/mol. The Labute approximate surface area is 236 Å². The van der Waals surface area contributed by atoms with Gasteiger partial charge in [0.05, 0.1) is 24.6 Å².